The van der Waals surface area contributed by atoms with Crippen molar-refractivity contribution in [2.75, 3.05) is 35.7 Å². The molecule has 1 saturated heterocycles. The lowest BCUT2D eigenvalue weighted by Crippen LogP contribution is -2.58. The Morgan fingerprint density at radius 2 is 1.91 bits per heavy atom. The molecule has 184 valence electrons. The summed E-state index contributed by atoms with van der Waals surface area (Å²) in [6.07, 6.45) is 8.11. The fourth-order valence-electron chi connectivity index (χ4n) is 6.48. The first kappa shape index (κ1) is 23.3. The van der Waals surface area contributed by atoms with Crippen LogP contribution in [0, 0.1) is 16.7 Å². The minimum absolute atomic E-state index is 0.0124. The van der Waals surface area contributed by atoms with Crippen LogP contribution in [0.1, 0.15) is 67.7 Å². The second-order valence-electron chi connectivity index (χ2n) is 11.0. The molecule has 0 radical (unpaired) electrons. The molecule has 2 N–H and O–H groups in total. The Labute approximate surface area is 214 Å². The zero-order valence-corrected chi connectivity index (χ0v) is 21.4. The van der Waals surface area contributed by atoms with Gasteiger partial charge in [0.25, 0.3) is 0 Å². The van der Waals surface area contributed by atoms with Crippen molar-refractivity contribution in [3.05, 3.63) is 46.1 Å². The standard InChI is InChI=1S/C27H31ClN4O2S/c28-20-4-2-18(3-5-20)19-6-11-26(12-7-19)15-32(16-26)25-21(14-29)23(31-27(17-33)9-1-10-27)24-22(30-25)8-13-35(24)34/h2-5,19,33H,1,6-13,15-17H2,(H,30,31)/t35-/m0/s1. The van der Waals surface area contributed by atoms with Gasteiger partial charge in [-0.15, -0.1) is 0 Å². The van der Waals surface area contributed by atoms with Crippen molar-refractivity contribution < 1.29 is 9.32 Å². The number of pyridine rings is 1. The molecule has 2 aromatic rings. The summed E-state index contributed by atoms with van der Waals surface area (Å²) in [5, 5.41) is 24.5. The second-order valence-corrected chi connectivity index (χ2v) is 12.9. The van der Waals surface area contributed by atoms with Crippen LogP contribution in [0.5, 0.6) is 0 Å². The van der Waals surface area contributed by atoms with E-state index in [1.807, 2.05) is 12.1 Å². The number of benzene rings is 1. The summed E-state index contributed by atoms with van der Waals surface area (Å²) < 4.78 is 12.8. The van der Waals surface area contributed by atoms with E-state index in [1.165, 1.54) is 31.2 Å². The number of fused-ring (bicyclic) bond motifs is 1. The van der Waals surface area contributed by atoms with Gasteiger partial charge in [0, 0.05) is 35.7 Å². The monoisotopic (exact) mass is 510 g/mol. The molecule has 2 aliphatic heterocycles. The van der Waals surface area contributed by atoms with E-state index in [9.17, 15) is 14.6 Å². The molecule has 1 aromatic heterocycles. The van der Waals surface area contributed by atoms with Crippen molar-refractivity contribution in [2.45, 2.75) is 67.7 Å². The van der Waals surface area contributed by atoms with E-state index in [0.717, 1.165) is 48.9 Å². The van der Waals surface area contributed by atoms with Crippen molar-refractivity contribution in [2.24, 2.45) is 5.41 Å². The Morgan fingerprint density at radius 3 is 2.51 bits per heavy atom. The third-order valence-electron chi connectivity index (χ3n) is 8.81. The minimum Gasteiger partial charge on any atom is -0.394 e. The fraction of sp³-hybridized carbons (Fsp3) is 0.556. The first-order chi connectivity index (χ1) is 16.9. The minimum atomic E-state index is -1.16. The van der Waals surface area contributed by atoms with Gasteiger partial charge in [0.15, 0.2) is 0 Å². The van der Waals surface area contributed by atoms with Crippen LogP contribution in [0.3, 0.4) is 0 Å². The number of nitriles is 1. The number of halogens is 1. The van der Waals surface area contributed by atoms with E-state index in [4.69, 9.17) is 16.6 Å². The van der Waals surface area contributed by atoms with Gasteiger partial charge >= 0.3 is 0 Å². The number of anilines is 2. The normalized spacial score (nSPS) is 24.4. The van der Waals surface area contributed by atoms with Gasteiger partial charge in [-0.1, -0.05) is 23.7 Å². The van der Waals surface area contributed by atoms with Gasteiger partial charge in [-0.3, -0.25) is 4.21 Å². The summed E-state index contributed by atoms with van der Waals surface area (Å²) in [6, 6.07) is 10.7. The molecule has 0 unspecified atom stereocenters. The molecule has 3 heterocycles. The lowest BCUT2D eigenvalue weighted by atomic mass is 9.65. The van der Waals surface area contributed by atoms with Crippen LogP contribution in [-0.2, 0) is 17.2 Å². The molecule has 2 aliphatic carbocycles. The van der Waals surface area contributed by atoms with Gasteiger partial charge < -0.3 is 15.3 Å². The van der Waals surface area contributed by atoms with E-state index in [1.54, 1.807) is 0 Å². The van der Waals surface area contributed by atoms with E-state index in [-0.39, 0.29) is 12.0 Å². The Kier molecular flexibility index (Phi) is 5.82. The van der Waals surface area contributed by atoms with E-state index in [0.29, 0.717) is 34.2 Å². The van der Waals surface area contributed by atoms with E-state index >= 15 is 0 Å². The molecule has 35 heavy (non-hydrogen) atoms. The van der Waals surface area contributed by atoms with Gasteiger partial charge in [-0.05, 0) is 68.6 Å². The summed E-state index contributed by atoms with van der Waals surface area (Å²) in [5.41, 5.74) is 3.24. The van der Waals surface area contributed by atoms with Crippen molar-refractivity contribution in [1.29, 1.82) is 5.26 Å². The molecule has 1 atom stereocenters. The molecule has 0 bridgehead atoms. The maximum atomic E-state index is 12.8. The van der Waals surface area contributed by atoms with Gasteiger partial charge in [-0.2, -0.15) is 5.26 Å². The van der Waals surface area contributed by atoms with Crippen LogP contribution in [0.4, 0.5) is 11.5 Å². The summed E-state index contributed by atoms with van der Waals surface area (Å²) in [4.78, 5) is 7.84. The van der Waals surface area contributed by atoms with Crippen molar-refractivity contribution >= 4 is 33.9 Å². The van der Waals surface area contributed by atoms with Crippen LogP contribution in [-0.4, -0.2) is 45.3 Å². The largest absolute Gasteiger partial charge is 0.394 e. The van der Waals surface area contributed by atoms with Crippen LogP contribution < -0.4 is 10.2 Å². The number of nitrogens with zero attached hydrogens (tertiary/aromatic N) is 3. The number of aromatic nitrogens is 1. The number of aliphatic hydroxyl groups is 1. The van der Waals surface area contributed by atoms with E-state index in [2.05, 4.69) is 28.4 Å². The molecule has 3 fully saturated rings. The molecule has 0 amide bonds. The summed E-state index contributed by atoms with van der Waals surface area (Å²) in [7, 11) is -1.16. The Morgan fingerprint density at radius 1 is 1.20 bits per heavy atom. The molecule has 6 rings (SSSR count). The Bertz CT molecular complexity index is 1200. The predicted molar refractivity (Wildman–Crippen MR) is 139 cm³/mol. The van der Waals surface area contributed by atoms with Crippen LogP contribution in [0.25, 0.3) is 0 Å². The maximum Gasteiger partial charge on any atom is 0.149 e. The summed E-state index contributed by atoms with van der Waals surface area (Å²) >= 11 is 6.07. The summed E-state index contributed by atoms with van der Waals surface area (Å²) in [6.45, 7) is 1.83. The molecular formula is C27H31ClN4O2S. The number of hydrogen-bond acceptors (Lipinski definition) is 6. The predicted octanol–water partition coefficient (Wildman–Crippen LogP) is 4.76. The van der Waals surface area contributed by atoms with Gasteiger partial charge in [0.1, 0.15) is 17.5 Å². The van der Waals surface area contributed by atoms with Crippen molar-refractivity contribution in [3.8, 4) is 6.07 Å². The highest BCUT2D eigenvalue weighted by Gasteiger charge is 2.47. The SMILES string of the molecule is N#Cc1c(N2CC3(CCC(c4ccc(Cl)cc4)CC3)C2)nc2c(c1NC1(CO)CCC1)[S@@](=O)CC2. The molecule has 4 aliphatic rings. The summed E-state index contributed by atoms with van der Waals surface area (Å²) in [5.74, 6) is 1.86. The quantitative estimate of drug-likeness (QED) is 0.602. The lowest BCUT2D eigenvalue weighted by molar-refractivity contribution is 0.127. The lowest BCUT2D eigenvalue weighted by Gasteiger charge is -2.54. The van der Waals surface area contributed by atoms with Crippen LogP contribution >= 0.6 is 11.6 Å². The number of nitrogens with one attached hydrogen (secondary N) is 1. The number of hydrogen-bond donors (Lipinski definition) is 2. The highest BCUT2D eigenvalue weighted by Crippen LogP contribution is 2.51. The van der Waals surface area contributed by atoms with Gasteiger partial charge in [-0.25, -0.2) is 4.98 Å². The molecule has 6 nitrogen and oxygen atoms in total. The number of aryl methyl sites for hydroxylation is 1. The van der Waals surface area contributed by atoms with Crippen LogP contribution in [0.2, 0.25) is 5.02 Å². The zero-order chi connectivity index (χ0) is 24.2. The third kappa shape index (κ3) is 3.94. The third-order valence-corrected chi connectivity index (χ3v) is 10.5. The van der Waals surface area contributed by atoms with Crippen LogP contribution in [0.15, 0.2) is 29.2 Å². The zero-order valence-electron chi connectivity index (χ0n) is 19.9. The molecule has 8 heteroatoms. The average molecular weight is 511 g/mol. The topological polar surface area (TPSA) is 89.2 Å². The van der Waals surface area contributed by atoms with E-state index < -0.39 is 16.3 Å². The molecule has 1 spiro atoms. The molecular weight excluding hydrogens is 480 g/mol. The van der Waals surface area contributed by atoms with Crippen molar-refractivity contribution in [3.63, 3.8) is 0 Å². The second kappa shape index (κ2) is 8.76. The fourth-order valence-corrected chi connectivity index (χ4v) is 7.98. The first-order valence-corrected chi connectivity index (χ1v) is 14.4. The average Bonchev–Trinajstić information content (AvgIpc) is 3.20. The van der Waals surface area contributed by atoms with Gasteiger partial charge in [0.2, 0.25) is 0 Å². The van der Waals surface area contributed by atoms with Crippen molar-refractivity contribution in [1.82, 2.24) is 4.98 Å². The highest BCUT2D eigenvalue weighted by molar-refractivity contribution is 7.85. The maximum absolute atomic E-state index is 12.8. The highest BCUT2D eigenvalue weighted by atomic mass is 35.5. The number of aliphatic hydroxyl groups excluding tert-OH is 1. The Hall–Kier alpha value is -2.14. The number of rotatable bonds is 5. The van der Waals surface area contributed by atoms with Gasteiger partial charge in [0.05, 0.1) is 39.2 Å². The Balaban J connectivity index is 1.23. The molecule has 1 aromatic carbocycles. The first-order valence-electron chi connectivity index (χ1n) is 12.7. The smallest absolute Gasteiger partial charge is 0.149 e. The molecule has 2 saturated carbocycles.